The lowest BCUT2D eigenvalue weighted by atomic mass is 10.0. The Bertz CT molecular complexity index is 1300. The predicted molar refractivity (Wildman–Crippen MR) is 112 cm³/mol. The number of methoxy groups -OCH3 is 1. The Morgan fingerprint density at radius 1 is 1.00 bits per heavy atom. The summed E-state index contributed by atoms with van der Waals surface area (Å²) in [4.78, 5) is 7.21. The predicted octanol–water partition coefficient (Wildman–Crippen LogP) is 6.06. The third-order valence-electron chi connectivity index (χ3n) is 4.84. The van der Waals surface area contributed by atoms with Gasteiger partial charge >= 0.3 is 0 Å². The fraction of sp³-hybridized carbons (Fsp3) is 0.0870. The number of aromatic nitrogens is 2. The molecular weight excluding hydrogens is 410 g/mol. The summed E-state index contributed by atoms with van der Waals surface area (Å²) in [6, 6.07) is 5.61. The largest absolute Gasteiger partial charge is 0.493 e. The van der Waals surface area contributed by atoms with E-state index in [-0.39, 0.29) is 22.6 Å². The quantitative estimate of drug-likeness (QED) is 0.291. The van der Waals surface area contributed by atoms with Gasteiger partial charge in [0.25, 0.3) is 0 Å². The van der Waals surface area contributed by atoms with Gasteiger partial charge in [-0.1, -0.05) is 6.08 Å². The van der Waals surface area contributed by atoms with E-state index in [1.165, 1.54) is 25.6 Å². The van der Waals surface area contributed by atoms with Crippen LogP contribution in [-0.4, -0.2) is 23.6 Å². The van der Waals surface area contributed by atoms with Crippen molar-refractivity contribution in [2.24, 2.45) is 0 Å². The van der Waals surface area contributed by atoms with Gasteiger partial charge in [-0.05, 0) is 18.2 Å². The number of fused-ring (bicyclic) bond motifs is 1. The third kappa shape index (κ3) is 3.72. The highest BCUT2D eigenvalue weighted by Gasteiger charge is 2.19. The number of halogens is 4. The van der Waals surface area contributed by atoms with E-state index in [9.17, 15) is 17.6 Å². The van der Waals surface area contributed by atoms with E-state index in [2.05, 4.69) is 21.9 Å². The van der Waals surface area contributed by atoms with Crippen LogP contribution in [-0.2, 0) is 0 Å². The number of benzene rings is 2. The monoisotopic (exact) mass is 427 g/mol. The summed E-state index contributed by atoms with van der Waals surface area (Å²) in [6.45, 7) is 3.86. The first kappa shape index (κ1) is 20.5. The maximum absolute atomic E-state index is 14.6. The minimum atomic E-state index is -0.849. The SMILES string of the molecule is C=CCNc1cc(-c2cnc3[nH]cc(-c4cc(F)cc(F)c4OC)c3c2)c(F)cc1F. The first-order valence-corrected chi connectivity index (χ1v) is 9.27. The Hall–Kier alpha value is -3.81. The van der Waals surface area contributed by atoms with Gasteiger partial charge in [-0.2, -0.15) is 0 Å². The van der Waals surface area contributed by atoms with Gasteiger partial charge < -0.3 is 15.0 Å². The number of pyridine rings is 1. The fourth-order valence-electron chi connectivity index (χ4n) is 3.43. The van der Waals surface area contributed by atoms with Gasteiger partial charge in [0.05, 0.1) is 12.8 Å². The van der Waals surface area contributed by atoms with E-state index in [1.807, 2.05) is 0 Å². The van der Waals surface area contributed by atoms with E-state index < -0.39 is 23.3 Å². The van der Waals surface area contributed by atoms with Crippen molar-refractivity contribution in [2.45, 2.75) is 0 Å². The van der Waals surface area contributed by atoms with Crippen molar-refractivity contribution in [3.05, 3.63) is 78.6 Å². The molecule has 0 atom stereocenters. The number of ether oxygens (including phenoxy) is 1. The van der Waals surface area contributed by atoms with Gasteiger partial charge in [0.15, 0.2) is 11.6 Å². The smallest absolute Gasteiger partial charge is 0.168 e. The highest BCUT2D eigenvalue weighted by atomic mass is 19.1. The molecule has 2 N–H and O–H groups in total. The summed E-state index contributed by atoms with van der Waals surface area (Å²) in [5.74, 6) is -3.25. The molecule has 0 saturated carbocycles. The second kappa shape index (κ2) is 8.14. The van der Waals surface area contributed by atoms with Gasteiger partial charge in [-0.15, -0.1) is 6.58 Å². The van der Waals surface area contributed by atoms with Crippen LogP contribution >= 0.6 is 0 Å². The number of aromatic amines is 1. The van der Waals surface area contributed by atoms with E-state index in [0.717, 1.165) is 18.2 Å². The standard InChI is InChI=1S/C23H17F4N3O/c1-3-4-28-21-8-14(18(25)9-19(21)26)12-5-16-17(11-30-23(16)29-10-12)15-6-13(24)7-20(27)22(15)31-2/h3,5-11,28H,1,4H2,2H3,(H,29,30). The van der Waals surface area contributed by atoms with Gasteiger partial charge in [-0.25, -0.2) is 22.5 Å². The van der Waals surface area contributed by atoms with Gasteiger partial charge in [0.1, 0.15) is 23.1 Å². The van der Waals surface area contributed by atoms with Crippen LogP contribution in [0, 0.1) is 23.3 Å². The van der Waals surface area contributed by atoms with Crippen LogP contribution in [0.15, 0.2) is 55.4 Å². The lowest BCUT2D eigenvalue weighted by molar-refractivity contribution is 0.386. The van der Waals surface area contributed by atoms with Crippen molar-refractivity contribution in [2.75, 3.05) is 19.0 Å². The molecule has 0 amide bonds. The summed E-state index contributed by atoms with van der Waals surface area (Å²) < 4.78 is 61.8. The molecule has 0 saturated heterocycles. The van der Waals surface area contributed by atoms with Crippen molar-refractivity contribution in [3.8, 4) is 28.0 Å². The number of hydrogen-bond acceptors (Lipinski definition) is 3. The van der Waals surface area contributed by atoms with Crippen molar-refractivity contribution in [1.29, 1.82) is 0 Å². The van der Waals surface area contributed by atoms with Crippen LogP contribution < -0.4 is 10.1 Å². The zero-order chi connectivity index (χ0) is 22.1. The highest BCUT2D eigenvalue weighted by molar-refractivity contribution is 5.97. The molecule has 2 heterocycles. The van der Waals surface area contributed by atoms with Crippen molar-refractivity contribution in [1.82, 2.24) is 9.97 Å². The van der Waals surface area contributed by atoms with Crippen LogP contribution in [0.1, 0.15) is 0 Å². The minimum Gasteiger partial charge on any atom is -0.493 e. The van der Waals surface area contributed by atoms with Crippen LogP contribution in [0.5, 0.6) is 5.75 Å². The molecule has 0 radical (unpaired) electrons. The molecule has 0 aliphatic rings. The molecule has 0 fully saturated rings. The van der Waals surface area contributed by atoms with E-state index in [1.54, 1.807) is 12.1 Å². The average Bonchev–Trinajstić information content (AvgIpc) is 3.15. The Labute approximate surface area is 175 Å². The normalized spacial score (nSPS) is 11.0. The van der Waals surface area contributed by atoms with Gasteiger partial charge in [-0.3, -0.25) is 0 Å². The molecule has 2 aromatic heterocycles. The topological polar surface area (TPSA) is 49.9 Å². The zero-order valence-corrected chi connectivity index (χ0v) is 16.4. The zero-order valence-electron chi connectivity index (χ0n) is 16.4. The molecule has 2 aromatic carbocycles. The number of H-pyrrole nitrogens is 1. The Morgan fingerprint density at radius 2 is 1.81 bits per heavy atom. The van der Waals surface area contributed by atoms with Crippen molar-refractivity contribution >= 4 is 16.7 Å². The molecule has 0 unspecified atom stereocenters. The third-order valence-corrected chi connectivity index (χ3v) is 4.84. The molecule has 31 heavy (non-hydrogen) atoms. The van der Waals surface area contributed by atoms with E-state index in [4.69, 9.17) is 4.74 Å². The summed E-state index contributed by atoms with van der Waals surface area (Å²) in [6.07, 6.45) is 4.52. The van der Waals surface area contributed by atoms with E-state index in [0.29, 0.717) is 28.7 Å². The molecule has 4 aromatic rings. The van der Waals surface area contributed by atoms with Crippen LogP contribution in [0.3, 0.4) is 0 Å². The van der Waals surface area contributed by atoms with Crippen LogP contribution in [0.25, 0.3) is 33.3 Å². The second-order valence-corrected chi connectivity index (χ2v) is 6.77. The molecular formula is C23H17F4N3O. The van der Waals surface area contributed by atoms with Crippen molar-refractivity contribution in [3.63, 3.8) is 0 Å². The summed E-state index contributed by atoms with van der Waals surface area (Å²) in [7, 11) is 1.28. The summed E-state index contributed by atoms with van der Waals surface area (Å²) in [5, 5.41) is 3.30. The molecule has 4 rings (SSSR count). The van der Waals surface area contributed by atoms with Gasteiger partial charge in [0.2, 0.25) is 0 Å². The maximum Gasteiger partial charge on any atom is 0.168 e. The molecule has 0 bridgehead atoms. The number of nitrogens with zero attached hydrogens (tertiary/aromatic N) is 1. The maximum atomic E-state index is 14.6. The van der Waals surface area contributed by atoms with E-state index >= 15 is 0 Å². The first-order valence-electron chi connectivity index (χ1n) is 9.27. The number of nitrogens with one attached hydrogen (secondary N) is 2. The highest BCUT2D eigenvalue weighted by Crippen LogP contribution is 2.38. The summed E-state index contributed by atoms with van der Waals surface area (Å²) in [5.41, 5.74) is 1.62. The van der Waals surface area contributed by atoms with Crippen LogP contribution in [0.2, 0.25) is 0 Å². The Morgan fingerprint density at radius 3 is 2.55 bits per heavy atom. The lowest BCUT2D eigenvalue weighted by Crippen LogP contribution is -2.02. The number of anilines is 1. The summed E-state index contributed by atoms with van der Waals surface area (Å²) >= 11 is 0. The van der Waals surface area contributed by atoms with Crippen molar-refractivity contribution < 1.29 is 22.3 Å². The number of rotatable bonds is 6. The molecule has 8 heteroatoms. The number of hydrogen-bond donors (Lipinski definition) is 2. The molecule has 0 spiro atoms. The van der Waals surface area contributed by atoms with Gasteiger partial charge in [0, 0.05) is 58.7 Å². The molecule has 0 aliphatic carbocycles. The first-order chi connectivity index (χ1) is 14.9. The molecule has 158 valence electrons. The second-order valence-electron chi connectivity index (χ2n) is 6.77. The Kier molecular flexibility index (Phi) is 5.37. The molecule has 0 aliphatic heterocycles. The van der Waals surface area contributed by atoms with Crippen LogP contribution in [0.4, 0.5) is 23.2 Å². The lowest BCUT2D eigenvalue weighted by Gasteiger charge is -2.11. The Balaban J connectivity index is 1.89. The average molecular weight is 427 g/mol. The minimum absolute atomic E-state index is 0.111. The fourth-order valence-corrected chi connectivity index (χ4v) is 3.43. The molecule has 4 nitrogen and oxygen atoms in total.